The van der Waals surface area contributed by atoms with E-state index < -0.39 is 47.8 Å². The van der Waals surface area contributed by atoms with E-state index in [1.54, 1.807) is 0 Å². The summed E-state index contributed by atoms with van der Waals surface area (Å²) in [6.07, 6.45) is -2.70. The van der Waals surface area contributed by atoms with Crippen LogP contribution in [0.2, 0.25) is 5.02 Å². The number of H-pyrrole nitrogens is 1. The fraction of sp³-hybridized carbons (Fsp3) is 0.333. The van der Waals surface area contributed by atoms with E-state index in [4.69, 9.17) is 16.3 Å². The maximum Gasteiger partial charge on any atom is 0.433 e. The zero-order valence-corrected chi connectivity index (χ0v) is 18.1. The van der Waals surface area contributed by atoms with Gasteiger partial charge >= 0.3 is 6.18 Å². The predicted molar refractivity (Wildman–Crippen MR) is 110 cm³/mol. The van der Waals surface area contributed by atoms with Crippen LogP contribution in [0, 0.1) is 5.82 Å². The zero-order valence-electron chi connectivity index (χ0n) is 17.3. The minimum atomic E-state index is -4.86. The summed E-state index contributed by atoms with van der Waals surface area (Å²) in [5.41, 5.74) is -3.65. The third-order valence-corrected chi connectivity index (χ3v) is 4.90. The summed E-state index contributed by atoms with van der Waals surface area (Å²) in [4.78, 5) is 15.5. The summed E-state index contributed by atoms with van der Waals surface area (Å²) in [6, 6.07) is 3.90. The van der Waals surface area contributed by atoms with Gasteiger partial charge in [-0.25, -0.2) is 4.39 Å². The lowest BCUT2D eigenvalue weighted by Gasteiger charge is -2.20. The van der Waals surface area contributed by atoms with E-state index in [2.05, 4.69) is 10.1 Å². The number of aromatic nitrogens is 3. The fourth-order valence-corrected chi connectivity index (χ4v) is 3.70. The molecule has 0 radical (unpaired) electrons. The Morgan fingerprint density at radius 1 is 1.28 bits per heavy atom. The SMILES string of the molecule is COCC(=O)c1c(-c2c(F)cccc2Cl)c[nH]c1-c1cnn(CC(C)(C)O)c1C(F)(F)F. The van der Waals surface area contributed by atoms with Crippen LogP contribution in [0.15, 0.2) is 30.6 Å². The van der Waals surface area contributed by atoms with E-state index in [1.807, 2.05) is 0 Å². The van der Waals surface area contributed by atoms with Crippen molar-refractivity contribution in [2.75, 3.05) is 13.7 Å². The van der Waals surface area contributed by atoms with Gasteiger partial charge in [0.25, 0.3) is 0 Å². The van der Waals surface area contributed by atoms with Gasteiger partial charge in [-0.1, -0.05) is 17.7 Å². The van der Waals surface area contributed by atoms with Gasteiger partial charge in [0.05, 0.1) is 34.6 Å². The molecule has 6 nitrogen and oxygen atoms in total. The Hall–Kier alpha value is -2.69. The topological polar surface area (TPSA) is 80.1 Å². The van der Waals surface area contributed by atoms with E-state index in [0.717, 1.165) is 12.3 Å². The van der Waals surface area contributed by atoms with Crippen molar-refractivity contribution in [1.82, 2.24) is 14.8 Å². The first kappa shape index (κ1) is 24.0. The van der Waals surface area contributed by atoms with Gasteiger partial charge in [-0.15, -0.1) is 0 Å². The molecule has 0 amide bonds. The maximum absolute atomic E-state index is 14.6. The molecule has 11 heteroatoms. The second kappa shape index (κ2) is 8.68. The normalized spacial score (nSPS) is 12.4. The third-order valence-electron chi connectivity index (χ3n) is 4.58. The van der Waals surface area contributed by atoms with Crippen LogP contribution in [0.4, 0.5) is 17.6 Å². The van der Waals surface area contributed by atoms with Crippen LogP contribution in [0.3, 0.4) is 0 Å². The summed E-state index contributed by atoms with van der Waals surface area (Å²) in [6.45, 7) is 1.78. The average Bonchev–Trinajstić information content (AvgIpc) is 3.24. The Bertz CT molecular complexity index is 1130. The molecule has 0 atom stereocenters. The molecule has 172 valence electrons. The van der Waals surface area contributed by atoms with Crippen molar-refractivity contribution in [3.05, 3.63) is 52.7 Å². The van der Waals surface area contributed by atoms with Gasteiger partial charge < -0.3 is 14.8 Å². The van der Waals surface area contributed by atoms with Crippen LogP contribution < -0.4 is 0 Å². The number of aromatic amines is 1. The maximum atomic E-state index is 14.6. The summed E-state index contributed by atoms with van der Waals surface area (Å²) < 4.78 is 62.0. The highest BCUT2D eigenvalue weighted by atomic mass is 35.5. The van der Waals surface area contributed by atoms with Crippen molar-refractivity contribution >= 4 is 17.4 Å². The molecule has 1 aromatic carbocycles. The largest absolute Gasteiger partial charge is 0.433 e. The van der Waals surface area contributed by atoms with Crippen LogP contribution in [0.1, 0.15) is 29.9 Å². The Morgan fingerprint density at radius 3 is 2.53 bits per heavy atom. The molecule has 2 heterocycles. The first-order valence-corrected chi connectivity index (χ1v) is 9.76. The van der Waals surface area contributed by atoms with Crippen molar-refractivity contribution in [3.8, 4) is 22.4 Å². The van der Waals surface area contributed by atoms with Gasteiger partial charge in [-0.05, 0) is 26.0 Å². The highest BCUT2D eigenvalue weighted by molar-refractivity contribution is 6.33. The molecule has 0 aliphatic carbocycles. The number of halogens is 5. The van der Waals surface area contributed by atoms with E-state index in [-0.39, 0.29) is 27.4 Å². The molecule has 32 heavy (non-hydrogen) atoms. The molecule has 0 saturated carbocycles. The Kier molecular flexibility index (Phi) is 6.50. The zero-order chi connectivity index (χ0) is 23.8. The van der Waals surface area contributed by atoms with Gasteiger partial charge in [0.2, 0.25) is 0 Å². The number of aliphatic hydroxyl groups is 1. The van der Waals surface area contributed by atoms with Crippen molar-refractivity contribution in [2.24, 2.45) is 0 Å². The second-order valence-corrected chi connectivity index (χ2v) is 8.19. The van der Waals surface area contributed by atoms with E-state index in [1.165, 1.54) is 39.3 Å². The highest BCUT2D eigenvalue weighted by Gasteiger charge is 2.41. The lowest BCUT2D eigenvalue weighted by molar-refractivity contribution is -0.144. The summed E-state index contributed by atoms with van der Waals surface area (Å²) in [5.74, 6) is -1.43. The molecule has 0 unspecified atom stereocenters. The molecule has 0 bridgehead atoms. The van der Waals surface area contributed by atoms with Crippen molar-refractivity contribution in [2.45, 2.75) is 32.2 Å². The lowest BCUT2D eigenvalue weighted by atomic mass is 9.96. The van der Waals surface area contributed by atoms with E-state index in [9.17, 15) is 27.5 Å². The van der Waals surface area contributed by atoms with Gasteiger partial charge in [-0.3, -0.25) is 9.48 Å². The number of benzene rings is 1. The van der Waals surface area contributed by atoms with Gasteiger partial charge in [-0.2, -0.15) is 18.3 Å². The number of methoxy groups -OCH3 is 1. The van der Waals surface area contributed by atoms with E-state index in [0.29, 0.717) is 4.68 Å². The van der Waals surface area contributed by atoms with Crippen LogP contribution in [-0.2, 0) is 17.5 Å². The molecule has 0 saturated heterocycles. The van der Waals surface area contributed by atoms with Gasteiger partial charge in [0, 0.05) is 30.0 Å². The molecule has 0 spiro atoms. The summed E-state index contributed by atoms with van der Waals surface area (Å²) in [7, 11) is 1.25. The number of carbonyl (C=O) groups excluding carboxylic acids is 1. The number of nitrogens with zero attached hydrogens (tertiary/aromatic N) is 2. The number of alkyl halides is 3. The highest BCUT2D eigenvalue weighted by Crippen LogP contribution is 2.42. The molecule has 2 N–H and O–H groups in total. The average molecular weight is 474 g/mol. The molecule has 3 rings (SSSR count). The fourth-order valence-electron chi connectivity index (χ4n) is 3.43. The standard InChI is InChI=1S/C21H20ClF4N3O3/c1-20(2,31)10-29-19(21(24,25)26)12(8-28-29)18-17(15(30)9-32-3)11(7-27-18)16-13(22)5-4-6-14(16)23/h4-8,27,31H,9-10H2,1-3H3. The van der Waals surface area contributed by atoms with E-state index >= 15 is 0 Å². The smallest absolute Gasteiger partial charge is 0.389 e. The van der Waals surface area contributed by atoms with Crippen LogP contribution in [0.25, 0.3) is 22.4 Å². The number of Topliss-reactive ketones (excluding diaryl/α,β-unsaturated/α-hetero) is 1. The molecule has 0 aliphatic heterocycles. The molecular weight excluding hydrogens is 454 g/mol. The van der Waals surface area contributed by atoms with Crippen LogP contribution in [-0.4, -0.2) is 45.0 Å². The number of ketones is 1. The number of hydrogen-bond donors (Lipinski definition) is 2. The van der Waals surface area contributed by atoms with Crippen molar-refractivity contribution < 1.29 is 32.2 Å². The summed E-state index contributed by atoms with van der Waals surface area (Å²) >= 11 is 6.13. The van der Waals surface area contributed by atoms with Crippen LogP contribution in [0.5, 0.6) is 0 Å². The number of rotatable bonds is 7. The van der Waals surface area contributed by atoms with Crippen LogP contribution >= 0.6 is 11.6 Å². The minimum absolute atomic E-state index is 0.00601. The molecule has 0 fully saturated rings. The van der Waals surface area contributed by atoms with Gasteiger partial charge in [0.1, 0.15) is 12.4 Å². The summed E-state index contributed by atoms with van der Waals surface area (Å²) in [5, 5.41) is 13.8. The number of ether oxygens (including phenoxy) is 1. The molecular formula is C21H20ClF4N3O3. The predicted octanol–water partition coefficient (Wildman–Crippen LogP) is 4.96. The quantitative estimate of drug-likeness (QED) is 0.375. The number of carbonyl (C=O) groups is 1. The Labute approximate surface area is 185 Å². The second-order valence-electron chi connectivity index (χ2n) is 7.78. The molecule has 0 aliphatic rings. The molecule has 2 aromatic heterocycles. The number of hydrogen-bond acceptors (Lipinski definition) is 4. The lowest BCUT2D eigenvalue weighted by Crippen LogP contribution is -2.29. The third kappa shape index (κ3) is 4.72. The first-order chi connectivity index (χ1) is 14.8. The van der Waals surface area contributed by atoms with Crippen molar-refractivity contribution in [1.29, 1.82) is 0 Å². The van der Waals surface area contributed by atoms with Gasteiger partial charge in [0.15, 0.2) is 11.5 Å². The van der Waals surface area contributed by atoms with Crippen molar-refractivity contribution in [3.63, 3.8) is 0 Å². The Balaban J connectivity index is 2.30. The Morgan fingerprint density at radius 2 is 1.97 bits per heavy atom. The molecule has 3 aromatic rings. The minimum Gasteiger partial charge on any atom is -0.389 e. The monoisotopic (exact) mass is 473 g/mol. The first-order valence-electron chi connectivity index (χ1n) is 9.38. The number of nitrogens with one attached hydrogen (secondary N) is 1.